The molecule has 32 heavy (non-hydrogen) atoms. The van der Waals surface area contributed by atoms with Crippen LogP contribution in [0, 0.1) is 0 Å². The molecular weight excluding hydrogens is 420 g/mol. The van der Waals surface area contributed by atoms with E-state index in [4.69, 9.17) is 0 Å². The zero-order chi connectivity index (χ0) is 22.8. The molecule has 0 radical (unpaired) electrons. The number of rotatable bonds is 10. The number of carbonyl (C=O) groups is 1. The third-order valence-corrected chi connectivity index (χ3v) is 6.33. The average molecular weight is 449 g/mol. The SMILES string of the molecule is CCCCCS(=O)(=O)NC(=O)Cc1ccnc(/C=C/c2ccc(-c3ccccc3)cc2)c1. The average Bonchev–Trinajstić information content (AvgIpc) is 2.78. The number of hydrogen-bond acceptors (Lipinski definition) is 4. The smallest absolute Gasteiger partial charge is 0.237 e. The zero-order valence-corrected chi connectivity index (χ0v) is 19.0. The van der Waals surface area contributed by atoms with Crippen LogP contribution >= 0.6 is 0 Å². The molecule has 3 aromatic rings. The lowest BCUT2D eigenvalue weighted by Gasteiger charge is -2.07. The second kappa shape index (κ2) is 11.4. The van der Waals surface area contributed by atoms with Crippen molar-refractivity contribution in [3.8, 4) is 11.1 Å². The molecule has 6 heteroatoms. The van der Waals surface area contributed by atoms with E-state index in [9.17, 15) is 13.2 Å². The summed E-state index contributed by atoms with van der Waals surface area (Å²) in [5.74, 6) is -0.556. The molecule has 1 amide bonds. The fourth-order valence-corrected chi connectivity index (χ4v) is 4.39. The summed E-state index contributed by atoms with van der Waals surface area (Å²) < 4.78 is 26.1. The van der Waals surface area contributed by atoms with E-state index in [0.717, 1.165) is 24.0 Å². The molecule has 1 N–H and O–H groups in total. The predicted molar refractivity (Wildman–Crippen MR) is 130 cm³/mol. The summed E-state index contributed by atoms with van der Waals surface area (Å²) in [4.78, 5) is 16.5. The Bertz CT molecular complexity index is 1160. The van der Waals surface area contributed by atoms with Crippen LogP contribution < -0.4 is 4.72 Å². The first-order valence-electron chi connectivity index (χ1n) is 10.8. The fourth-order valence-electron chi connectivity index (χ4n) is 3.28. The standard InChI is InChI=1S/C26H28N2O3S/c1-2-3-7-18-32(30,31)28-26(29)20-22-16-17-27-25(19-22)15-12-21-10-13-24(14-11-21)23-8-5-4-6-9-23/h4-6,8-17,19H,2-3,7,18,20H2,1H3,(H,28,29)/b15-12+. The first-order chi connectivity index (χ1) is 15.4. The lowest BCUT2D eigenvalue weighted by atomic mass is 10.0. The van der Waals surface area contributed by atoms with Gasteiger partial charge in [-0.3, -0.25) is 14.5 Å². The summed E-state index contributed by atoms with van der Waals surface area (Å²) >= 11 is 0. The van der Waals surface area contributed by atoms with Crippen LogP contribution in [0.5, 0.6) is 0 Å². The van der Waals surface area contributed by atoms with E-state index in [1.165, 1.54) is 5.56 Å². The maximum atomic E-state index is 12.2. The van der Waals surface area contributed by atoms with Crippen molar-refractivity contribution in [2.24, 2.45) is 0 Å². The Labute approximate surface area is 190 Å². The van der Waals surface area contributed by atoms with Gasteiger partial charge < -0.3 is 0 Å². The molecule has 0 unspecified atom stereocenters. The van der Waals surface area contributed by atoms with Gasteiger partial charge in [-0.1, -0.05) is 80.4 Å². The number of hydrogen-bond donors (Lipinski definition) is 1. The molecule has 0 aliphatic heterocycles. The molecule has 5 nitrogen and oxygen atoms in total. The minimum Gasteiger partial charge on any atom is -0.274 e. The Kier molecular flexibility index (Phi) is 8.34. The number of carbonyl (C=O) groups excluding carboxylic acids is 1. The Hall–Kier alpha value is -3.25. The number of aromatic nitrogens is 1. The Balaban J connectivity index is 1.60. The Morgan fingerprint density at radius 3 is 2.38 bits per heavy atom. The van der Waals surface area contributed by atoms with Crippen molar-refractivity contribution in [3.63, 3.8) is 0 Å². The monoisotopic (exact) mass is 448 g/mol. The van der Waals surface area contributed by atoms with Crippen molar-refractivity contribution in [1.82, 2.24) is 9.71 Å². The van der Waals surface area contributed by atoms with Crippen molar-refractivity contribution in [2.45, 2.75) is 32.6 Å². The second-order valence-electron chi connectivity index (χ2n) is 7.64. The molecule has 0 saturated carbocycles. The van der Waals surface area contributed by atoms with Crippen LogP contribution in [0.3, 0.4) is 0 Å². The van der Waals surface area contributed by atoms with Crippen molar-refractivity contribution < 1.29 is 13.2 Å². The molecule has 0 fully saturated rings. The normalized spacial score (nSPS) is 11.5. The second-order valence-corrected chi connectivity index (χ2v) is 9.48. The first kappa shape index (κ1) is 23.4. The fraction of sp³-hybridized carbons (Fsp3) is 0.231. The number of benzene rings is 2. The molecule has 2 aromatic carbocycles. The van der Waals surface area contributed by atoms with Gasteiger partial charge in [0.2, 0.25) is 15.9 Å². The van der Waals surface area contributed by atoms with Gasteiger partial charge >= 0.3 is 0 Å². The number of sulfonamides is 1. The van der Waals surface area contributed by atoms with E-state index < -0.39 is 15.9 Å². The van der Waals surface area contributed by atoms with Gasteiger partial charge in [0.15, 0.2) is 0 Å². The van der Waals surface area contributed by atoms with Crippen LogP contribution in [0.1, 0.15) is 43.0 Å². The zero-order valence-electron chi connectivity index (χ0n) is 18.2. The minimum absolute atomic E-state index is 0.0118. The summed E-state index contributed by atoms with van der Waals surface area (Å²) in [5.41, 5.74) is 4.77. The highest BCUT2D eigenvalue weighted by molar-refractivity contribution is 7.90. The molecule has 0 aliphatic carbocycles. The topological polar surface area (TPSA) is 76.1 Å². The Morgan fingerprint density at radius 1 is 0.938 bits per heavy atom. The van der Waals surface area contributed by atoms with Gasteiger partial charge in [0.25, 0.3) is 0 Å². The highest BCUT2D eigenvalue weighted by Gasteiger charge is 2.14. The molecule has 0 atom stereocenters. The van der Waals surface area contributed by atoms with E-state index in [1.807, 2.05) is 49.4 Å². The third kappa shape index (κ3) is 7.46. The highest BCUT2D eigenvalue weighted by atomic mass is 32.2. The lowest BCUT2D eigenvalue weighted by Crippen LogP contribution is -2.33. The van der Waals surface area contributed by atoms with Gasteiger partial charge in [0.1, 0.15) is 0 Å². The molecule has 166 valence electrons. The van der Waals surface area contributed by atoms with Gasteiger partial charge in [-0.25, -0.2) is 8.42 Å². The van der Waals surface area contributed by atoms with E-state index in [1.54, 1.807) is 18.3 Å². The summed E-state index contributed by atoms with van der Waals surface area (Å²) in [7, 11) is -3.58. The molecule has 3 rings (SSSR count). The molecule has 0 bridgehead atoms. The number of amides is 1. The van der Waals surface area contributed by atoms with Gasteiger partial charge in [-0.15, -0.1) is 0 Å². The summed E-state index contributed by atoms with van der Waals surface area (Å²) in [6.45, 7) is 2.00. The van der Waals surface area contributed by atoms with Crippen molar-refractivity contribution in [3.05, 3.63) is 89.7 Å². The molecule has 1 aromatic heterocycles. The number of unbranched alkanes of at least 4 members (excludes halogenated alkanes) is 2. The minimum atomic E-state index is -3.58. The summed E-state index contributed by atoms with van der Waals surface area (Å²) in [6, 6.07) is 21.9. The van der Waals surface area contributed by atoms with E-state index in [0.29, 0.717) is 17.7 Å². The molecular formula is C26H28N2O3S. The number of pyridine rings is 1. The largest absolute Gasteiger partial charge is 0.274 e. The molecule has 0 aliphatic rings. The third-order valence-electron chi connectivity index (χ3n) is 4.96. The van der Waals surface area contributed by atoms with Crippen molar-refractivity contribution >= 4 is 28.1 Å². The van der Waals surface area contributed by atoms with E-state index in [2.05, 4.69) is 34.0 Å². The highest BCUT2D eigenvalue weighted by Crippen LogP contribution is 2.20. The van der Waals surface area contributed by atoms with Crippen LogP contribution in [-0.2, 0) is 21.2 Å². The van der Waals surface area contributed by atoms with Crippen LogP contribution in [-0.4, -0.2) is 25.1 Å². The maximum absolute atomic E-state index is 12.2. The molecule has 0 spiro atoms. The van der Waals surface area contributed by atoms with E-state index >= 15 is 0 Å². The number of nitrogens with zero attached hydrogens (tertiary/aromatic N) is 1. The molecule has 1 heterocycles. The van der Waals surface area contributed by atoms with Gasteiger partial charge in [-0.2, -0.15) is 0 Å². The van der Waals surface area contributed by atoms with Gasteiger partial charge in [0, 0.05) is 6.20 Å². The number of nitrogens with one attached hydrogen (secondary N) is 1. The van der Waals surface area contributed by atoms with E-state index in [-0.39, 0.29) is 12.2 Å². The Morgan fingerprint density at radius 2 is 1.66 bits per heavy atom. The van der Waals surface area contributed by atoms with Crippen LogP contribution in [0.15, 0.2) is 72.9 Å². The summed E-state index contributed by atoms with van der Waals surface area (Å²) in [6.07, 6.45) is 7.74. The predicted octanol–water partition coefficient (Wildman–Crippen LogP) is 5.10. The van der Waals surface area contributed by atoms with Crippen LogP contribution in [0.25, 0.3) is 23.3 Å². The van der Waals surface area contributed by atoms with Gasteiger partial charge in [-0.05, 0) is 46.9 Å². The lowest BCUT2D eigenvalue weighted by molar-refractivity contribution is -0.118. The quantitative estimate of drug-likeness (QED) is 0.438. The molecule has 0 saturated heterocycles. The van der Waals surface area contributed by atoms with Crippen molar-refractivity contribution in [1.29, 1.82) is 0 Å². The van der Waals surface area contributed by atoms with Gasteiger partial charge in [0.05, 0.1) is 17.9 Å². The van der Waals surface area contributed by atoms with Crippen LogP contribution in [0.4, 0.5) is 0 Å². The van der Waals surface area contributed by atoms with Crippen molar-refractivity contribution in [2.75, 3.05) is 5.75 Å². The maximum Gasteiger partial charge on any atom is 0.237 e. The van der Waals surface area contributed by atoms with Crippen LogP contribution in [0.2, 0.25) is 0 Å². The summed E-state index contributed by atoms with van der Waals surface area (Å²) in [5, 5.41) is 0. The first-order valence-corrected chi connectivity index (χ1v) is 12.4.